The molecule has 11 heteroatoms. The summed E-state index contributed by atoms with van der Waals surface area (Å²) in [5.74, 6) is 1.40. The molecule has 0 bridgehead atoms. The smallest absolute Gasteiger partial charge is 0.276 e. The van der Waals surface area contributed by atoms with Crippen molar-refractivity contribution in [2.45, 2.75) is 18.9 Å². The highest BCUT2D eigenvalue weighted by molar-refractivity contribution is 7.86. The van der Waals surface area contributed by atoms with Gasteiger partial charge in [0.15, 0.2) is 17.1 Å². The number of nitrogens with two attached hydrogens (primary N) is 1. The highest BCUT2D eigenvalue weighted by Crippen LogP contribution is 2.52. The van der Waals surface area contributed by atoms with E-state index in [2.05, 4.69) is 15.0 Å². The highest BCUT2D eigenvalue weighted by Gasteiger charge is 2.55. The van der Waals surface area contributed by atoms with Gasteiger partial charge in [-0.3, -0.25) is 0 Å². The maximum Gasteiger partial charge on any atom is 0.276 e. The Balaban J connectivity index is 1.52. The number of halogens is 1. The van der Waals surface area contributed by atoms with Crippen molar-refractivity contribution in [3.8, 4) is 5.75 Å². The minimum absolute atomic E-state index is 0.0279. The lowest BCUT2D eigenvalue weighted by atomic mass is 9.60. The summed E-state index contributed by atoms with van der Waals surface area (Å²) in [5, 5.41) is 9.82. The summed E-state index contributed by atoms with van der Waals surface area (Å²) >= 11 is 6.19. The number of hydrogen-bond donors (Lipinski definition) is 1. The zero-order chi connectivity index (χ0) is 18.0. The van der Waals surface area contributed by atoms with Crippen LogP contribution >= 0.6 is 11.6 Å². The fourth-order valence-corrected chi connectivity index (χ4v) is 4.72. The number of fused-ring (bicyclic) bond motifs is 1. The fourth-order valence-electron chi connectivity index (χ4n) is 3.92. The van der Waals surface area contributed by atoms with Crippen LogP contribution in [0.5, 0.6) is 5.75 Å². The van der Waals surface area contributed by atoms with Gasteiger partial charge < -0.3 is 9.64 Å². The number of hydrogen-bond acceptors (Lipinski definition) is 6. The standard InChI is InChI=1S/C14H19ClN6O3S/c1-19(25(16,22)23)9-4-14(5-9)6-20(7-14)13-12-10(24-2)3-11(15)21(12)18-8-17-13/h3,8-9H,4-7H2,1-2H3,(H2,16,22,23). The number of aromatic nitrogens is 3. The molecule has 136 valence electrons. The van der Waals surface area contributed by atoms with E-state index in [0.717, 1.165) is 37.3 Å². The van der Waals surface area contributed by atoms with Crippen LogP contribution in [0.4, 0.5) is 5.82 Å². The van der Waals surface area contributed by atoms with Gasteiger partial charge in [0.2, 0.25) is 0 Å². The second-order valence-corrected chi connectivity index (χ2v) is 8.85. The van der Waals surface area contributed by atoms with E-state index >= 15 is 0 Å². The van der Waals surface area contributed by atoms with Gasteiger partial charge in [-0.1, -0.05) is 11.6 Å². The Morgan fingerprint density at radius 2 is 2.12 bits per heavy atom. The van der Waals surface area contributed by atoms with Crippen molar-refractivity contribution in [2.75, 3.05) is 32.1 Å². The van der Waals surface area contributed by atoms with Gasteiger partial charge in [0, 0.05) is 37.7 Å². The Labute approximate surface area is 150 Å². The molecule has 2 fully saturated rings. The second-order valence-electron chi connectivity index (χ2n) is 6.86. The van der Waals surface area contributed by atoms with Crippen LogP contribution in [0.3, 0.4) is 0 Å². The monoisotopic (exact) mass is 386 g/mol. The third kappa shape index (κ3) is 2.55. The summed E-state index contributed by atoms with van der Waals surface area (Å²) in [6.45, 7) is 1.61. The van der Waals surface area contributed by atoms with E-state index in [-0.39, 0.29) is 11.5 Å². The first-order chi connectivity index (χ1) is 11.7. The average Bonchev–Trinajstić information content (AvgIpc) is 2.80. The van der Waals surface area contributed by atoms with E-state index in [1.165, 1.54) is 17.7 Å². The summed E-state index contributed by atoms with van der Waals surface area (Å²) < 4.78 is 31.1. The number of ether oxygens (including phenoxy) is 1. The van der Waals surface area contributed by atoms with E-state index in [1.807, 2.05) is 0 Å². The molecule has 0 unspecified atom stereocenters. The van der Waals surface area contributed by atoms with E-state index in [1.54, 1.807) is 17.7 Å². The molecule has 25 heavy (non-hydrogen) atoms. The van der Waals surface area contributed by atoms with Crippen molar-refractivity contribution in [3.63, 3.8) is 0 Å². The zero-order valence-corrected chi connectivity index (χ0v) is 15.5. The van der Waals surface area contributed by atoms with Gasteiger partial charge in [-0.25, -0.2) is 14.6 Å². The normalized spacial score (nSPS) is 20.1. The number of anilines is 1. The van der Waals surface area contributed by atoms with Gasteiger partial charge in [-0.15, -0.1) is 0 Å². The lowest BCUT2D eigenvalue weighted by Crippen LogP contribution is -2.67. The quantitative estimate of drug-likeness (QED) is 0.819. The Kier molecular flexibility index (Phi) is 3.66. The molecule has 9 nitrogen and oxygen atoms in total. The Morgan fingerprint density at radius 1 is 1.44 bits per heavy atom. The summed E-state index contributed by atoms with van der Waals surface area (Å²) in [7, 11) is -0.518. The molecular weight excluding hydrogens is 368 g/mol. The third-order valence-electron chi connectivity index (χ3n) is 5.28. The largest absolute Gasteiger partial charge is 0.494 e. The molecule has 0 atom stereocenters. The van der Waals surface area contributed by atoms with Gasteiger partial charge in [0.1, 0.15) is 11.5 Å². The molecule has 0 radical (unpaired) electrons. The molecule has 2 N–H and O–H groups in total. The molecule has 1 aliphatic carbocycles. The Hall–Kier alpha value is -1.62. The first-order valence-corrected chi connectivity index (χ1v) is 9.69. The molecule has 4 rings (SSSR count). The van der Waals surface area contributed by atoms with Gasteiger partial charge in [-0.2, -0.15) is 17.8 Å². The Bertz CT molecular complexity index is 931. The van der Waals surface area contributed by atoms with Crippen LogP contribution < -0.4 is 14.8 Å². The van der Waals surface area contributed by atoms with E-state index in [0.29, 0.717) is 10.9 Å². The van der Waals surface area contributed by atoms with Gasteiger partial charge in [-0.05, 0) is 12.8 Å². The third-order valence-corrected chi connectivity index (χ3v) is 6.65. The molecule has 2 aromatic rings. The minimum Gasteiger partial charge on any atom is -0.494 e. The lowest BCUT2D eigenvalue weighted by molar-refractivity contribution is 0.0207. The van der Waals surface area contributed by atoms with Crippen molar-refractivity contribution >= 4 is 33.1 Å². The molecule has 0 amide bonds. The summed E-state index contributed by atoms with van der Waals surface area (Å²) in [6, 6.07) is 1.69. The highest BCUT2D eigenvalue weighted by atomic mass is 35.5. The number of rotatable bonds is 4. The van der Waals surface area contributed by atoms with Crippen LogP contribution in [0.15, 0.2) is 12.4 Å². The first-order valence-electron chi connectivity index (χ1n) is 7.81. The van der Waals surface area contributed by atoms with Crippen molar-refractivity contribution in [1.82, 2.24) is 18.9 Å². The second kappa shape index (κ2) is 5.44. The lowest BCUT2D eigenvalue weighted by Gasteiger charge is -2.60. The molecule has 2 aromatic heterocycles. The molecule has 3 heterocycles. The molecule has 0 aromatic carbocycles. The first kappa shape index (κ1) is 16.8. The van der Waals surface area contributed by atoms with Gasteiger partial charge in [0.25, 0.3) is 10.2 Å². The average molecular weight is 387 g/mol. The van der Waals surface area contributed by atoms with E-state index in [9.17, 15) is 8.42 Å². The number of methoxy groups -OCH3 is 1. The SMILES string of the molecule is COc1cc(Cl)n2ncnc(N3CC4(CC(N(C)S(N)(=O)=O)C4)C3)c12. The molecule has 1 spiro atoms. The molecule has 1 saturated carbocycles. The van der Waals surface area contributed by atoms with Crippen molar-refractivity contribution < 1.29 is 13.2 Å². The molecule has 1 aliphatic heterocycles. The van der Waals surface area contributed by atoms with Crippen molar-refractivity contribution in [3.05, 3.63) is 17.5 Å². The Morgan fingerprint density at radius 3 is 2.72 bits per heavy atom. The molecular formula is C14H19ClN6O3S. The maximum atomic E-state index is 11.4. The zero-order valence-electron chi connectivity index (χ0n) is 13.9. The van der Waals surface area contributed by atoms with Crippen LogP contribution in [0.2, 0.25) is 5.15 Å². The summed E-state index contributed by atoms with van der Waals surface area (Å²) in [4.78, 5) is 6.54. The summed E-state index contributed by atoms with van der Waals surface area (Å²) in [6.07, 6.45) is 3.07. The minimum atomic E-state index is -3.63. The van der Waals surface area contributed by atoms with Crippen LogP contribution in [0.1, 0.15) is 12.8 Å². The van der Waals surface area contributed by atoms with E-state index in [4.69, 9.17) is 21.5 Å². The fraction of sp³-hybridized carbons (Fsp3) is 0.571. The van der Waals surface area contributed by atoms with Crippen LogP contribution in [-0.4, -0.2) is 60.6 Å². The summed E-state index contributed by atoms with van der Waals surface area (Å²) in [5.41, 5.74) is 0.859. The van der Waals surface area contributed by atoms with Crippen LogP contribution in [0.25, 0.3) is 5.52 Å². The van der Waals surface area contributed by atoms with E-state index < -0.39 is 10.2 Å². The molecule has 1 saturated heterocycles. The van der Waals surface area contributed by atoms with Gasteiger partial charge in [0.05, 0.1) is 7.11 Å². The molecule has 2 aliphatic rings. The van der Waals surface area contributed by atoms with Gasteiger partial charge >= 0.3 is 0 Å². The van der Waals surface area contributed by atoms with Crippen LogP contribution in [-0.2, 0) is 10.2 Å². The predicted octanol–water partition coefficient (Wildman–Crippen LogP) is 0.495. The van der Waals surface area contributed by atoms with Crippen molar-refractivity contribution in [2.24, 2.45) is 10.6 Å². The predicted molar refractivity (Wildman–Crippen MR) is 93.1 cm³/mol. The van der Waals surface area contributed by atoms with Crippen molar-refractivity contribution in [1.29, 1.82) is 0 Å². The number of nitrogens with zero attached hydrogens (tertiary/aromatic N) is 5. The maximum absolute atomic E-state index is 11.4. The topological polar surface area (TPSA) is 106 Å². The van der Waals surface area contributed by atoms with Crippen LogP contribution in [0, 0.1) is 5.41 Å².